The molecule has 1 aromatic carbocycles. The van der Waals surface area contributed by atoms with Crippen molar-refractivity contribution in [3.63, 3.8) is 0 Å². The van der Waals surface area contributed by atoms with E-state index in [4.69, 9.17) is 9.99 Å². The fourth-order valence-electron chi connectivity index (χ4n) is 2.25. The van der Waals surface area contributed by atoms with Crippen LogP contribution in [0.3, 0.4) is 0 Å². The molecule has 0 atom stereocenters. The molecule has 0 bridgehead atoms. The summed E-state index contributed by atoms with van der Waals surface area (Å²) in [4.78, 5) is 32.1. The molecule has 5 nitrogen and oxygen atoms in total. The van der Waals surface area contributed by atoms with Crippen LogP contribution in [0.5, 0.6) is 5.75 Å². The molecule has 0 aromatic heterocycles. The summed E-state index contributed by atoms with van der Waals surface area (Å²) < 4.78 is 0. The molecular weight excluding hydrogens is 296 g/mol. The Bertz CT molecular complexity index is 484. The van der Waals surface area contributed by atoms with E-state index < -0.39 is 11.9 Å². The molecule has 1 aromatic rings. The molecule has 1 rings (SSSR count). The van der Waals surface area contributed by atoms with Crippen LogP contribution in [0.4, 0.5) is 0 Å². The number of carbonyl (C=O) groups excluding carboxylic acids is 1. The molecular formula is C18H26O5. The number of carboxylic acid groups (broad SMARTS) is 1. The van der Waals surface area contributed by atoms with Crippen molar-refractivity contribution in [3.8, 4) is 5.75 Å². The molecule has 23 heavy (non-hydrogen) atoms. The molecule has 0 unspecified atom stereocenters. The molecule has 0 spiro atoms. The number of hydrogen-bond acceptors (Lipinski definition) is 4. The van der Waals surface area contributed by atoms with E-state index in [1.165, 1.54) is 44.2 Å². The lowest BCUT2D eigenvalue weighted by Crippen LogP contribution is -2.10. The minimum absolute atomic E-state index is 0.0317. The zero-order valence-electron chi connectivity index (χ0n) is 13.8. The Morgan fingerprint density at radius 1 is 0.957 bits per heavy atom. The fourth-order valence-corrected chi connectivity index (χ4v) is 2.25. The fraction of sp³-hybridized carbons (Fsp3) is 0.556. The second-order valence-electron chi connectivity index (χ2n) is 5.56. The monoisotopic (exact) mass is 322 g/mol. The second kappa shape index (κ2) is 11.5. The Labute approximate surface area is 137 Å². The normalized spacial score (nSPS) is 10.3. The lowest BCUT2D eigenvalue weighted by Gasteiger charge is -2.06. The Balaban J connectivity index is 2.14. The van der Waals surface area contributed by atoms with Crippen molar-refractivity contribution in [2.24, 2.45) is 0 Å². The van der Waals surface area contributed by atoms with E-state index in [1.807, 2.05) is 0 Å². The maximum atomic E-state index is 11.6. The summed E-state index contributed by atoms with van der Waals surface area (Å²) in [6.07, 6.45) is 9.45. The summed E-state index contributed by atoms with van der Waals surface area (Å²) in [6, 6.07) is 6.05. The third-order valence-corrected chi connectivity index (χ3v) is 3.58. The first-order chi connectivity index (χ1) is 11.1. The summed E-state index contributed by atoms with van der Waals surface area (Å²) in [6.45, 7) is 2.20. The van der Waals surface area contributed by atoms with Crippen molar-refractivity contribution in [3.05, 3.63) is 29.8 Å². The topological polar surface area (TPSA) is 72.8 Å². The lowest BCUT2D eigenvalue weighted by molar-refractivity contribution is -0.214. The van der Waals surface area contributed by atoms with Gasteiger partial charge in [0.15, 0.2) is 5.75 Å². The zero-order chi connectivity index (χ0) is 16.9. The first kappa shape index (κ1) is 19.0. The quantitative estimate of drug-likeness (QED) is 0.341. The molecule has 5 heteroatoms. The number of para-hydroxylation sites is 1. The smallest absolute Gasteiger partial charge is 0.355 e. The van der Waals surface area contributed by atoms with Crippen LogP contribution in [0.2, 0.25) is 0 Å². The van der Waals surface area contributed by atoms with Crippen molar-refractivity contribution in [1.82, 2.24) is 0 Å². The number of hydrogen-bond donors (Lipinski definition) is 1. The van der Waals surface area contributed by atoms with Gasteiger partial charge in [-0.15, -0.1) is 0 Å². The van der Waals surface area contributed by atoms with Gasteiger partial charge in [-0.25, -0.2) is 9.59 Å². The minimum atomic E-state index is -1.13. The van der Waals surface area contributed by atoms with Crippen molar-refractivity contribution in [2.45, 2.75) is 64.7 Å². The number of benzene rings is 1. The molecule has 0 radical (unpaired) electrons. The van der Waals surface area contributed by atoms with E-state index in [2.05, 4.69) is 11.8 Å². The highest BCUT2D eigenvalue weighted by atomic mass is 17.2. The molecule has 0 heterocycles. The highest BCUT2D eigenvalue weighted by Crippen LogP contribution is 2.18. The first-order valence-corrected chi connectivity index (χ1v) is 8.34. The van der Waals surface area contributed by atoms with Gasteiger partial charge in [-0.2, -0.15) is 0 Å². The first-order valence-electron chi connectivity index (χ1n) is 8.34. The van der Waals surface area contributed by atoms with E-state index in [-0.39, 0.29) is 17.7 Å². The van der Waals surface area contributed by atoms with Gasteiger partial charge >= 0.3 is 11.9 Å². The van der Waals surface area contributed by atoms with E-state index >= 15 is 0 Å². The number of rotatable bonds is 12. The van der Waals surface area contributed by atoms with Crippen LogP contribution >= 0.6 is 0 Å². The van der Waals surface area contributed by atoms with Gasteiger partial charge in [0.05, 0.1) is 6.42 Å². The van der Waals surface area contributed by atoms with Crippen LogP contribution in [0, 0.1) is 0 Å². The summed E-state index contributed by atoms with van der Waals surface area (Å²) >= 11 is 0. The van der Waals surface area contributed by atoms with Crippen LogP contribution in [0.1, 0.15) is 75.1 Å². The molecule has 0 amide bonds. The van der Waals surface area contributed by atoms with Crippen LogP contribution in [0.15, 0.2) is 24.3 Å². The van der Waals surface area contributed by atoms with Gasteiger partial charge in [-0.05, 0) is 18.6 Å². The maximum Gasteiger partial charge on any atom is 0.355 e. The Morgan fingerprint density at radius 3 is 2.22 bits per heavy atom. The van der Waals surface area contributed by atoms with Crippen LogP contribution in [-0.2, 0) is 9.68 Å². The summed E-state index contributed by atoms with van der Waals surface area (Å²) in [5, 5.41) is 8.99. The average Bonchev–Trinajstić information content (AvgIpc) is 2.55. The number of carboxylic acids is 1. The van der Waals surface area contributed by atoms with Gasteiger partial charge < -0.3 is 5.11 Å². The van der Waals surface area contributed by atoms with Gasteiger partial charge in [0.25, 0.3) is 0 Å². The predicted molar refractivity (Wildman–Crippen MR) is 87.3 cm³/mol. The van der Waals surface area contributed by atoms with Gasteiger partial charge in [0, 0.05) is 0 Å². The number of carbonyl (C=O) groups is 2. The maximum absolute atomic E-state index is 11.6. The van der Waals surface area contributed by atoms with Crippen LogP contribution in [0.25, 0.3) is 0 Å². The third kappa shape index (κ3) is 8.24. The van der Waals surface area contributed by atoms with Gasteiger partial charge in [0.1, 0.15) is 5.56 Å². The minimum Gasteiger partial charge on any atom is -0.478 e. The summed E-state index contributed by atoms with van der Waals surface area (Å²) in [5.74, 6) is -1.57. The van der Waals surface area contributed by atoms with Gasteiger partial charge in [0.2, 0.25) is 0 Å². The Hall–Kier alpha value is -2.04. The molecule has 0 aliphatic heterocycles. The Kier molecular flexibility index (Phi) is 9.52. The largest absolute Gasteiger partial charge is 0.478 e. The number of aromatic carboxylic acids is 1. The molecule has 0 aliphatic carbocycles. The van der Waals surface area contributed by atoms with Gasteiger partial charge in [-0.1, -0.05) is 64.0 Å². The standard InChI is InChI=1S/C18H26O5/c1-2-3-4-5-6-7-8-9-14-17(19)23-22-16-13-11-10-12-15(16)18(20)21/h10-13H,2-9,14H2,1H3,(H,20,21). The number of unbranched alkanes of at least 4 members (excludes halogenated alkanes) is 7. The van der Waals surface area contributed by atoms with Gasteiger partial charge in [-0.3, -0.25) is 9.78 Å². The molecule has 0 saturated heterocycles. The third-order valence-electron chi connectivity index (χ3n) is 3.58. The van der Waals surface area contributed by atoms with Crippen molar-refractivity contribution in [2.75, 3.05) is 0 Å². The van der Waals surface area contributed by atoms with Crippen LogP contribution < -0.4 is 4.89 Å². The average molecular weight is 322 g/mol. The van der Waals surface area contributed by atoms with E-state index in [0.29, 0.717) is 0 Å². The molecule has 0 fully saturated rings. The lowest BCUT2D eigenvalue weighted by atomic mass is 10.1. The predicted octanol–water partition coefficient (Wildman–Crippen LogP) is 4.75. The second-order valence-corrected chi connectivity index (χ2v) is 5.56. The van der Waals surface area contributed by atoms with Crippen molar-refractivity contribution >= 4 is 11.9 Å². The molecule has 1 N–H and O–H groups in total. The highest BCUT2D eigenvalue weighted by Gasteiger charge is 2.13. The van der Waals surface area contributed by atoms with Crippen molar-refractivity contribution in [1.29, 1.82) is 0 Å². The van der Waals surface area contributed by atoms with E-state index in [0.717, 1.165) is 19.3 Å². The highest BCUT2D eigenvalue weighted by molar-refractivity contribution is 5.90. The van der Waals surface area contributed by atoms with Crippen LogP contribution in [-0.4, -0.2) is 17.0 Å². The molecule has 128 valence electrons. The van der Waals surface area contributed by atoms with E-state index in [1.54, 1.807) is 12.1 Å². The molecule has 0 aliphatic rings. The summed E-state index contributed by atoms with van der Waals surface area (Å²) in [5.41, 5.74) is -0.0348. The zero-order valence-corrected chi connectivity index (χ0v) is 13.8. The van der Waals surface area contributed by atoms with Crippen molar-refractivity contribution < 1.29 is 24.5 Å². The molecule has 0 saturated carbocycles. The Morgan fingerprint density at radius 2 is 1.57 bits per heavy atom. The van der Waals surface area contributed by atoms with E-state index in [9.17, 15) is 9.59 Å². The SMILES string of the molecule is CCCCCCCCCCC(=O)OOc1ccccc1C(=O)O. The summed E-state index contributed by atoms with van der Waals surface area (Å²) in [7, 11) is 0.